The van der Waals surface area contributed by atoms with E-state index in [9.17, 15) is 13.2 Å². The summed E-state index contributed by atoms with van der Waals surface area (Å²) in [6, 6.07) is 14.6. The SMILES string of the molecule is Cc1ccc(S(=O)(=O)N2CCCC(C(=O)NCCSCc3ccccc3Cl)C2)cc1. The molecule has 1 aliphatic rings. The highest BCUT2D eigenvalue weighted by Crippen LogP contribution is 2.24. The third kappa shape index (κ3) is 6.00. The molecule has 162 valence electrons. The fourth-order valence-corrected chi connectivity index (χ4v) is 6.09. The molecule has 1 saturated heterocycles. The zero-order chi connectivity index (χ0) is 21.6. The number of carbonyl (C=O) groups excluding carboxylic acids is 1. The van der Waals surface area contributed by atoms with Crippen molar-refractivity contribution < 1.29 is 13.2 Å². The summed E-state index contributed by atoms with van der Waals surface area (Å²) in [6.07, 6.45) is 1.39. The first kappa shape index (κ1) is 23.1. The lowest BCUT2D eigenvalue weighted by molar-refractivity contribution is -0.125. The van der Waals surface area contributed by atoms with Gasteiger partial charge in [0.1, 0.15) is 0 Å². The third-order valence-corrected chi connectivity index (χ3v) is 8.43. The van der Waals surface area contributed by atoms with Crippen molar-refractivity contribution in [3.05, 3.63) is 64.7 Å². The molecular formula is C22H27ClN2O3S2. The number of carbonyl (C=O) groups is 1. The van der Waals surface area contributed by atoms with Crippen LogP contribution in [0.3, 0.4) is 0 Å². The summed E-state index contributed by atoms with van der Waals surface area (Å²) in [5, 5.41) is 3.71. The molecule has 1 aliphatic heterocycles. The molecule has 2 aromatic rings. The molecule has 0 radical (unpaired) electrons. The number of rotatable bonds is 8. The van der Waals surface area contributed by atoms with E-state index >= 15 is 0 Å². The van der Waals surface area contributed by atoms with E-state index in [4.69, 9.17) is 11.6 Å². The average molecular weight is 467 g/mol. The number of nitrogens with zero attached hydrogens (tertiary/aromatic N) is 1. The zero-order valence-electron chi connectivity index (χ0n) is 17.0. The highest BCUT2D eigenvalue weighted by molar-refractivity contribution is 7.98. The molecule has 30 heavy (non-hydrogen) atoms. The van der Waals surface area contributed by atoms with Crippen LogP contribution in [0.25, 0.3) is 0 Å². The molecule has 1 unspecified atom stereocenters. The number of hydrogen-bond donors (Lipinski definition) is 1. The molecule has 8 heteroatoms. The predicted octanol–water partition coefficient (Wildman–Crippen LogP) is 4.10. The molecule has 0 bridgehead atoms. The normalized spacial score (nSPS) is 17.6. The van der Waals surface area contributed by atoms with E-state index in [0.29, 0.717) is 25.9 Å². The van der Waals surface area contributed by atoms with Crippen LogP contribution in [0.4, 0.5) is 0 Å². The Hall–Kier alpha value is -1.54. The molecule has 1 N–H and O–H groups in total. The molecule has 2 aromatic carbocycles. The van der Waals surface area contributed by atoms with Crippen LogP contribution in [0.15, 0.2) is 53.4 Å². The van der Waals surface area contributed by atoms with Gasteiger partial charge in [0, 0.05) is 36.2 Å². The highest BCUT2D eigenvalue weighted by Gasteiger charge is 2.33. The molecule has 1 atom stereocenters. The van der Waals surface area contributed by atoms with Crippen molar-refractivity contribution >= 4 is 39.3 Å². The van der Waals surface area contributed by atoms with Gasteiger partial charge in [-0.05, 0) is 43.5 Å². The van der Waals surface area contributed by atoms with Crippen LogP contribution in [-0.2, 0) is 20.6 Å². The summed E-state index contributed by atoms with van der Waals surface area (Å²) < 4.78 is 27.3. The Morgan fingerprint density at radius 3 is 2.67 bits per heavy atom. The lowest BCUT2D eigenvalue weighted by atomic mass is 9.99. The van der Waals surface area contributed by atoms with E-state index in [1.807, 2.05) is 31.2 Å². The summed E-state index contributed by atoms with van der Waals surface area (Å²) in [4.78, 5) is 12.9. The Bertz CT molecular complexity index is 965. The van der Waals surface area contributed by atoms with E-state index in [0.717, 1.165) is 27.7 Å². The first-order valence-corrected chi connectivity index (χ1v) is 13.0. The van der Waals surface area contributed by atoms with Crippen molar-refractivity contribution in [1.82, 2.24) is 9.62 Å². The van der Waals surface area contributed by atoms with Crippen LogP contribution in [0.2, 0.25) is 5.02 Å². The topological polar surface area (TPSA) is 66.5 Å². The fourth-order valence-electron chi connectivity index (χ4n) is 3.42. The number of aryl methyl sites for hydroxylation is 1. The second kappa shape index (κ2) is 10.7. The molecule has 5 nitrogen and oxygen atoms in total. The number of thioether (sulfide) groups is 1. The van der Waals surface area contributed by atoms with E-state index in [2.05, 4.69) is 5.32 Å². The van der Waals surface area contributed by atoms with Gasteiger partial charge in [-0.3, -0.25) is 4.79 Å². The van der Waals surface area contributed by atoms with E-state index in [1.54, 1.807) is 36.0 Å². The Balaban J connectivity index is 1.47. The van der Waals surface area contributed by atoms with Gasteiger partial charge in [0.15, 0.2) is 0 Å². The van der Waals surface area contributed by atoms with Crippen LogP contribution in [0.5, 0.6) is 0 Å². The van der Waals surface area contributed by atoms with Gasteiger partial charge in [0.05, 0.1) is 10.8 Å². The number of benzene rings is 2. The highest BCUT2D eigenvalue weighted by atomic mass is 35.5. The van der Waals surface area contributed by atoms with Crippen molar-refractivity contribution in [3.63, 3.8) is 0 Å². The molecule has 1 amide bonds. The Labute approximate surface area is 188 Å². The standard InChI is InChI=1S/C22H27ClN2O3S2/c1-17-8-10-20(11-9-17)30(27,28)25-13-4-6-18(15-25)22(26)24-12-14-29-16-19-5-2-3-7-21(19)23/h2-3,5,7-11,18H,4,6,12-16H2,1H3,(H,24,26). The molecule has 1 fully saturated rings. The summed E-state index contributed by atoms with van der Waals surface area (Å²) in [5.74, 6) is 1.18. The second-order valence-electron chi connectivity index (χ2n) is 7.45. The number of hydrogen-bond acceptors (Lipinski definition) is 4. The maximum atomic E-state index is 12.9. The largest absolute Gasteiger partial charge is 0.355 e. The number of amides is 1. The van der Waals surface area contributed by atoms with Crippen LogP contribution in [-0.4, -0.2) is 44.0 Å². The minimum absolute atomic E-state index is 0.0721. The average Bonchev–Trinajstić information content (AvgIpc) is 2.75. The van der Waals surface area contributed by atoms with Gasteiger partial charge in [-0.1, -0.05) is 47.5 Å². The summed E-state index contributed by atoms with van der Waals surface area (Å²) in [6.45, 7) is 3.15. The summed E-state index contributed by atoms with van der Waals surface area (Å²) in [5.41, 5.74) is 2.09. The maximum absolute atomic E-state index is 12.9. The van der Waals surface area contributed by atoms with Crippen LogP contribution < -0.4 is 5.32 Å². The molecule has 3 rings (SSSR count). The molecular weight excluding hydrogens is 440 g/mol. The molecule has 0 aliphatic carbocycles. The van der Waals surface area contributed by atoms with Gasteiger partial charge in [-0.2, -0.15) is 16.1 Å². The first-order chi connectivity index (χ1) is 14.4. The Kier molecular flexibility index (Phi) is 8.22. The number of halogens is 1. The smallest absolute Gasteiger partial charge is 0.243 e. The van der Waals surface area contributed by atoms with Crippen molar-refractivity contribution in [1.29, 1.82) is 0 Å². The quantitative estimate of drug-likeness (QED) is 0.595. The third-order valence-electron chi connectivity index (χ3n) is 5.17. The van der Waals surface area contributed by atoms with Crippen molar-refractivity contribution in [3.8, 4) is 0 Å². The minimum atomic E-state index is -3.57. The Morgan fingerprint density at radius 2 is 1.93 bits per heavy atom. The molecule has 1 heterocycles. The van der Waals surface area contributed by atoms with E-state index < -0.39 is 10.0 Å². The number of sulfonamides is 1. The summed E-state index contributed by atoms with van der Waals surface area (Å²) in [7, 11) is -3.57. The molecule has 0 saturated carbocycles. The lowest BCUT2D eigenvalue weighted by Gasteiger charge is -2.31. The van der Waals surface area contributed by atoms with Crippen LogP contribution >= 0.6 is 23.4 Å². The number of piperidine rings is 1. The number of nitrogens with one attached hydrogen (secondary N) is 1. The maximum Gasteiger partial charge on any atom is 0.243 e. The van der Waals surface area contributed by atoms with Gasteiger partial charge in [-0.25, -0.2) is 8.42 Å². The van der Waals surface area contributed by atoms with E-state index in [1.165, 1.54) is 4.31 Å². The van der Waals surface area contributed by atoms with Gasteiger partial charge in [-0.15, -0.1) is 0 Å². The van der Waals surface area contributed by atoms with Gasteiger partial charge < -0.3 is 5.32 Å². The summed E-state index contributed by atoms with van der Waals surface area (Å²) >= 11 is 7.86. The predicted molar refractivity (Wildman–Crippen MR) is 123 cm³/mol. The molecule has 0 spiro atoms. The lowest BCUT2D eigenvalue weighted by Crippen LogP contribution is -2.45. The fraction of sp³-hybridized carbons (Fsp3) is 0.409. The van der Waals surface area contributed by atoms with Crippen LogP contribution in [0, 0.1) is 12.8 Å². The van der Waals surface area contributed by atoms with Crippen LogP contribution in [0.1, 0.15) is 24.0 Å². The van der Waals surface area contributed by atoms with Crippen molar-refractivity contribution in [2.45, 2.75) is 30.4 Å². The van der Waals surface area contributed by atoms with Gasteiger partial charge in [0.25, 0.3) is 0 Å². The minimum Gasteiger partial charge on any atom is -0.355 e. The van der Waals surface area contributed by atoms with E-state index in [-0.39, 0.29) is 23.3 Å². The zero-order valence-corrected chi connectivity index (χ0v) is 19.4. The molecule has 0 aromatic heterocycles. The van der Waals surface area contributed by atoms with Gasteiger partial charge in [0.2, 0.25) is 15.9 Å². The monoisotopic (exact) mass is 466 g/mol. The van der Waals surface area contributed by atoms with Gasteiger partial charge >= 0.3 is 0 Å². The van der Waals surface area contributed by atoms with Crippen molar-refractivity contribution in [2.75, 3.05) is 25.4 Å². The Morgan fingerprint density at radius 1 is 1.20 bits per heavy atom. The van der Waals surface area contributed by atoms with Crippen molar-refractivity contribution in [2.24, 2.45) is 5.92 Å². The second-order valence-corrected chi connectivity index (χ2v) is 10.9. The first-order valence-electron chi connectivity index (χ1n) is 10.0.